The summed E-state index contributed by atoms with van der Waals surface area (Å²) >= 11 is 0. The average molecular weight is 1030 g/mol. The number of rotatable bonds is 16. The van der Waals surface area contributed by atoms with Crippen molar-refractivity contribution >= 4 is 60.3 Å². The number of hydrogen-bond donors (Lipinski definition) is 6. The van der Waals surface area contributed by atoms with Crippen molar-refractivity contribution in [2.75, 3.05) is 27.2 Å². The maximum absolute atomic E-state index is 14.8. The molecule has 72 heavy (non-hydrogen) atoms. The van der Waals surface area contributed by atoms with Gasteiger partial charge in [-0.15, -0.1) is 35.0 Å². The Bertz CT molecular complexity index is 2450. The zero-order valence-corrected chi connectivity index (χ0v) is 43.0. The van der Waals surface area contributed by atoms with Gasteiger partial charge in [-0.25, -0.2) is 9.36 Å². The fourth-order valence-electron chi connectivity index (χ4n) is 11.0. The van der Waals surface area contributed by atoms with Gasteiger partial charge in [0, 0.05) is 25.9 Å². The van der Waals surface area contributed by atoms with Crippen LogP contribution in [0.2, 0.25) is 0 Å². The fraction of sp³-hybridized carbons (Fsp3) is 0.560. The van der Waals surface area contributed by atoms with Crippen LogP contribution < -0.4 is 31.9 Å². The average Bonchev–Trinajstić information content (AvgIpc) is 4.22. The molecule has 20 nitrogen and oxygen atoms in total. The van der Waals surface area contributed by atoms with Gasteiger partial charge < -0.3 is 41.7 Å². The van der Waals surface area contributed by atoms with E-state index in [2.05, 4.69) is 76.8 Å². The van der Waals surface area contributed by atoms with Crippen molar-refractivity contribution in [3.05, 3.63) is 82.2 Å². The first-order valence-corrected chi connectivity index (χ1v) is 25.1. The molecule has 3 aliphatic heterocycles. The number of halogens is 2. The van der Waals surface area contributed by atoms with Gasteiger partial charge in [-0.05, 0) is 114 Å². The summed E-state index contributed by atoms with van der Waals surface area (Å²) in [5, 5.41) is 36.4. The molecule has 5 heterocycles. The molecule has 388 valence electrons. The van der Waals surface area contributed by atoms with Crippen LogP contribution in [-0.4, -0.2) is 139 Å². The molecule has 0 saturated carbocycles. The number of fused-ring (bicyclic) bond motifs is 5. The summed E-state index contributed by atoms with van der Waals surface area (Å²) in [6.45, 7) is 4.84. The number of nitrogens with zero attached hydrogens (tertiary/aromatic N) is 8. The summed E-state index contributed by atoms with van der Waals surface area (Å²) in [5.41, 5.74) is 6.43. The van der Waals surface area contributed by atoms with Crippen LogP contribution in [0.1, 0.15) is 111 Å². The third kappa shape index (κ3) is 11.2. The summed E-state index contributed by atoms with van der Waals surface area (Å²) in [5.74, 6) is -2.08. The first-order chi connectivity index (χ1) is 33.9. The van der Waals surface area contributed by atoms with Crippen molar-refractivity contribution in [3.63, 3.8) is 0 Å². The molecule has 2 aromatic heterocycles. The highest BCUT2D eigenvalue weighted by molar-refractivity contribution is 5.95. The van der Waals surface area contributed by atoms with E-state index in [1.165, 1.54) is 11.1 Å². The van der Waals surface area contributed by atoms with Crippen molar-refractivity contribution in [3.8, 4) is 11.4 Å². The smallest absolute Gasteiger partial charge is 0.246 e. The Labute approximate surface area is 432 Å². The number of benzene rings is 2. The Kier molecular flexibility index (Phi) is 17.7. The highest BCUT2D eigenvalue weighted by atomic mass is 35.5. The maximum atomic E-state index is 14.8. The first-order valence-electron chi connectivity index (χ1n) is 25.1. The van der Waals surface area contributed by atoms with Crippen LogP contribution in [0.5, 0.6) is 0 Å². The topological polar surface area (TPSA) is 242 Å². The molecule has 5 aliphatic rings. The lowest BCUT2D eigenvalue weighted by atomic mass is 9.87. The van der Waals surface area contributed by atoms with Crippen LogP contribution in [0, 0.1) is 0 Å². The second kappa shape index (κ2) is 23.7. The largest absolute Gasteiger partial charge is 0.347 e. The molecular weight excluding hydrogens is 964 g/mol. The van der Waals surface area contributed by atoms with Crippen LogP contribution in [-0.2, 0) is 67.5 Å². The standard InChI is InChI=1S/C50H66N14O6.2ClH/c1-29(51-3)45(65)55-39(49(69)61-23-11-21-41(61)47(67)53-35-19-9-15-31-13-5-7-17-33(31)35)27-37-43-44-38(58-60-64(44)26-25-63(43)59-57-37)28-40(56-46(66)30(2)52-4)50(70)62-24-12-22-42(62)48(68)54-36-20-10-16-32-14-6-8-18-34(32)36;;/h5-8,13-14,17-18,29-30,35-36,39-42,51-52H,9-12,15-16,19-28H2,1-4H3,(H,53,67)(H,54,68)(H,55,65)(H,56,66);2*1H/t29-,30-,35+,36+,39-,40-,41-,42-;;/m0../s1. The summed E-state index contributed by atoms with van der Waals surface area (Å²) in [4.78, 5) is 88.2. The Morgan fingerprint density at radius 3 is 1.38 bits per heavy atom. The van der Waals surface area contributed by atoms with Crippen LogP contribution in [0.25, 0.3) is 11.4 Å². The summed E-state index contributed by atoms with van der Waals surface area (Å²) in [6.07, 6.45) is 7.47. The SMILES string of the molecule is CN[C@@H](C)C(=O)N[C@@H](Cc1nnn2c1-c1c(C[C@H](NC(=O)[C@H](C)NC)C(=O)N3CCC[C@H]3C(=O)N[C@@H]3CCCc4ccccc43)nnn1CC2)C(=O)N1CCC[C@H]1C(=O)N[C@@H]1CCCc2ccccc21.Cl.Cl. The predicted octanol–water partition coefficient (Wildman–Crippen LogP) is 2.03. The number of aryl methyl sites for hydroxylation is 4. The molecule has 2 aromatic carbocycles. The number of carbonyl (C=O) groups is 6. The maximum Gasteiger partial charge on any atom is 0.246 e. The monoisotopic (exact) mass is 1030 g/mol. The first kappa shape index (κ1) is 53.8. The molecule has 0 unspecified atom stereocenters. The molecular formula is C50H68Cl2N14O6. The molecule has 6 amide bonds. The van der Waals surface area contributed by atoms with Crippen LogP contribution in [0.4, 0.5) is 0 Å². The predicted molar refractivity (Wildman–Crippen MR) is 272 cm³/mol. The van der Waals surface area contributed by atoms with Crippen molar-refractivity contribution < 1.29 is 28.8 Å². The minimum atomic E-state index is -1.12. The van der Waals surface area contributed by atoms with Gasteiger partial charge in [0.15, 0.2) is 0 Å². The summed E-state index contributed by atoms with van der Waals surface area (Å²) in [6, 6.07) is 11.0. The van der Waals surface area contributed by atoms with Crippen molar-refractivity contribution in [1.29, 1.82) is 0 Å². The second-order valence-corrected chi connectivity index (χ2v) is 19.5. The van der Waals surface area contributed by atoms with E-state index in [1.807, 2.05) is 24.3 Å². The van der Waals surface area contributed by atoms with Gasteiger partial charge in [-0.3, -0.25) is 28.8 Å². The van der Waals surface area contributed by atoms with Gasteiger partial charge in [-0.2, -0.15) is 0 Å². The van der Waals surface area contributed by atoms with Crippen LogP contribution in [0.3, 0.4) is 0 Å². The van der Waals surface area contributed by atoms with Gasteiger partial charge in [0.05, 0.1) is 48.6 Å². The number of likely N-dealkylation sites (N-methyl/N-ethyl adjacent to an activating group) is 2. The molecule has 6 N–H and O–H groups in total. The lowest BCUT2D eigenvalue weighted by molar-refractivity contribution is -0.141. The molecule has 22 heteroatoms. The molecule has 0 spiro atoms. The molecule has 0 radical (unpaired) electrons. The van der Waals surface area contributed by atoms with Crippen molar-refractivity contribution in [2.24, 2.45) is 0 Å². The van der Waals surface area contributed by atoms with E-state index in [1.54, 1.807) is 47.1 Å². The fourth-order valence-corrected chi connectivity index (χ4v) is 11.0. The van der Waals surface area contributed by atoms with E-state index in [0.717, 1.165) is 49.7 Å². The molecule has 0 bridgehead atoms. The molecule has 9 rings (SSSR count). The van der Waals surface area contributed by atoms with Gasteiger partial charge in [0.25, 0.3) is 0 Å². The van der Waals surface area contributed by atoms with E-state index < -0.39 is 59.9 Å². The van der Waals surface area contributed by atoms with Crippen molar-refractivity contribution in [1.82, 2.24) is 71.7 Å². The third-order valence-corrected chi connectivity index (χ3v) is 15.1. The zero-order valence-electron chi connectivity index (χ0n) is 41.4. The summed E-state index contributed by atoms with van der Waals surface area (Å²) in [7, 11) is 3.32. The van der Waals surface area contributed by atoms with Gasteiger partial charge in [0.2, 0.25) is 35.4 Å². The number of aromatic nitrogens is 6. The van der Waals surface area contributed by atoms with E-state index in [-0.39, 0.29) is 61.6 Å². The highest BCUT2D eigenvalue weighted by Crippen LogP contribution is 2.34. The number of amides is 6. The molecule has 2 fully saturated rings. The minimum absolute atomic E-state index is 0. The Morgan fingerprint density at radius 1 is 0.569 bits per heavy atom. The Balaban J connectivity index is 0.00000380. The third-order valence-electron chi connectivity index (χ3n) is 15.1. The quantitative estimate of drug-likeness (QED) is 0.0946. The van der Waals surface area contributed by atoms with E-state index in [9.17, 15) is 28.8 Å². The normalized spacial score (nSPS) is 21.4. The molecule has 4 aromatic rings. The van der Waals surface area contributed by atoms with Crippen LogP contribution >= 0.6 is 24.8 Å². The van der Waals surface area contributed by atoms with E-state index in [0.29, 0.717) is 74.6 Å². The van der Waals surface area contributed by atoms with E-state index >= 15 is 0 Å². The Hall–Kier alpha value is -5.96. The molecule has 8 atom stereocenters. The second-order valence-electron chi connectivity index (χ2n) is 19.5. The van der Waals surface area contributed by atoms with Crippen LogP contribution in [0.15, 0.2) is 48.5 Å². The zero-order chi connectivity index (χ0) is 49.1. The molecule has 2 saturated heterocycles. The minimum Gasteiger partial charge on any atom is -0.347 e. The number of hydrogen-bond acceptors (Lipinski definition) is 12. The Morgan fingerprint density at radius 2 is 0.972 bits per heavy atom. The summed E-state index contributed by atoms with van der Waals surface area (Å²) < 4.78 is 3.40. The lowest BCUT2D eigenvalue weighted by Crippen LogP contribution is -2.56. The highest BCUT2D eigenvalue weighted by Gasteiger charge is 2.43. The lowest BCUT2D eigenvalue weighted by Gasteiger charge is -2.32. The van der Waals surface area contributed by atoms with Crippen molar-refractivity contribution in [2.45, 2.75) is 152 Å². The molecule has 2 aliphatic carbocycles. The number of nitrogens with one attached hydrogen (secondary N) is 6. The van der Waals surface area contributed by atoms with Gasteiger partial charge >= 0.3 is 0 Å². The number of likely N-dealkylation sites (tertiary alicyclic amines) is 2. The number of carbonyl (C=O) groups excluding carboxylic acids is 6. The van der Waals surface area contributed by atoms with Gasteiger partial charge in [0.1, 0.15) is 35.6 Å². The van der Waals surface area contributed by atoms with Gasteiger partial charge in [-0.1, -0.05) is 59.0 Å². The van der Waals surface area contributed by atoms with E-state index in [4.69, 9.17) is 0 Å².